The van der Waals surface area contributed by atoms with E-state index in [0.717, 1.165) is 12.8 Å². The van der Waals surface area contributed by atoms with Gasteiger partial charge in [0.25, 0.3) is 5.91 Å². The zero-order valence-corrected chi connectivity index (χ0v) is 17.2. The van der Waals surface area contributed by atoms with Gasteiger partial charge in [0.15, 0.2) is 6.61 Å². The molecule has 0 saturated carbocycles. The van der Waals surface area contributed by atoms with Crippen LogP contribution in [0.25, 0.3) is 0 Å². The van der Waals surface area contributed by atoms with Crippen molar-refractivity contribution in [1.82, 2.24) is 14.9 Å². The van der Waals surface area contributed by atoms with E-state index in [9.17, 15) is 36.0 Å². The van der Waals surface area contributed by atoms with Crippen LogP contribution in [-0.2, 0) is 30.8 Å². The lowest BCUT2D eigenvalue weighted by Crippen LogP contribution is -2.44. The Morgan fingerprint density at radius 3 is 2.26 bits per heavy atom. The summed E-state index contributed by atoms with van der Waals surface area (Å²) in [6.07, 6.45) is -2.86. The molecule has 2 rings (SSSR count). The van der Waals surface area contributed by atoms with Crippen LogP contribution in [0.5, 0.6) is 0 Å². The third kappa shape index (κ3) is 8.17. The maximum Gasteiger partial charge on any atom is 0.405 e. The number of nitrogens with one attached hydrogen (secondary N) is 2. The molecule has 1 aromatic rings. The van der Waals surface area contributed by atoms with Gasteiger partial charge in [0.05, 0.1) is 4.90 Å². The summed E-state index contributed by atoms with van der Waals surface area (Å²) >= 11 is 0. The highest BCUT2D eigenvalue weighted by molar-refractivity contribution is 7.89. The van der Waals surface area contributed by atoms with E-state index < -0.39 is 47.3 Å². The monoisotopic (exact) mass is 465 g/mol. The molecule has 1 aliphatic rings. The van der Waals surface area contributed by atoms with Crippen LogP contribution in [-0.4, -0.2) is 63.0 Å². The number of carbonyl (C=O) groups excluding carboxylic acids is 3. The molecule has 1 heterocycles. The maximum absolute atomic E-state index is 12.5. The van der Waals surface area contributed by atoms with Gasteiger partial charge in [-0.1, -0.05) is 12.1 Å². The van der Waals surface area contributed by atoms with Gasteiger partial charge >= 0.3 is 18.2 Å². The third-order valence-electron chi connectivity index (χ3n) is 4.31. The van der Waals surface area contributed by atoms with Crippen molar-refractivity contribution in [3.63, 3.8) is 0 Å². The molecule has 0 unspecified atom stereocenters. The third-order valence-corrected chi connectivity index (χ3v) is 6.22. The number of hydrogen-bond donors (Lipinski definition) is 2. The van der Waals surface area contributed by atoms with E-state index in [1.807, 2.05) is 0 Å². The zero-order chi connectivity index (χ0) is 23.1. The fourth-order valence-electron chi connectivity index (χ4n) is 2.76. The zero-order valence-electron chi connectivity index (χ0n) is 16.4. The first-order valence-corrected chi connectivity index (χ1v) is 10.8. The standard InChI is InChI=1S/C18H22F3N3O6S/c19-18(20,21)12-22-17(27)23-15(25)11-30-16(26)8-5-13-3-6-14(7-4-13)31(28,29)24-9-1-2-10-24/h3-4,6-7H,1-2,5,8-12H2,(H2,22,23,25,27). The van der Waals surface area contributed by atoms with Gasteiger partial charge in [-0.05, 0) is 37.0 Å². The molecular weight excluding hydrogens is 443 g/mol. The Kier molecular flexibility index (Phi) is 8.39. The number of sulfonamides is 1. The normalized spacial score (nSPS) is 14.8. The smallest absolute Gasteiger partial charge is 0.405 e. The summed E-state index contributed by atoms with van der Waals surface area (Å²) in [6.45, 7) is -1.45. The molecule has 1 fully saturated rings. The summed E-state index contributed by atoms with van der Waals surface area (Å²) in [5, 5.41) is 3.04. The van der Waals surface area contributed by atoms with Crippen molar-refractivity contribution >= 4 is 27.9 Å². The topological polar surface area (TPSA) is 122 Å². The average molecular weight is 465 g/mol. The Labute approximate surface area is 177 Å². The molecule has 172 valence electrons. The molecule has 0 spiro atoms. The predicted molar refractivity (Wildman–Crippen MR) is 101 cm³/mol. The number of amides is 3. The number of rotatable bonds is 8. The van der Waals surface area contributed by atoms with E-state index in [1.165, 1.54) is 21.8 Å². The Morgan fingerprint density at radius 2 is 1.68 bits per heavy atom. The number of nitrogens with zero attached hydrogens (tertiary/aromatic N) is 1. The second kappa shape index (κ2) is 10.6. The van der Waals surface area contributed by atoms with Crippen LogP contribution in [0.3, 0.4) is 0 Å². The second-order valence-electron chi connectivity index (χ2n) is 6.76. The van der Waals surface area contributed by atoms with Crippen LogP contribution in [0.2, 0.25) is 0 Å². The molecule has 3 amide bonds. The van der Waals surface area contributed by atoms with Crippen molar-refractivity contribution in [3.05, 3.63) is 29.8 Å². The van der Waals surface area contributed by atoms with E-state index in [1.54, 1.807) is 17.4 Å². The van der Waals surface area contributed by atoms with Gasteiger partial charge in [-0.3, -0.25) is 14.9 Å². The quantitative estimate of drug-likeness (QED) is 0.559. The van der Waals surface area contributed by atoms with Crippen LogP contribution in [0.1, 0.15) is 24.8 Å². The molecule has 2 N–H and O–H groups in total. The SMILES string of the molecule is O=C(COC(=O)CCc1ccc(S(=O)(=O)N2CCCC2)cc1)NC(=O)NCC(F)(F)F. The van der Waals surface area contributed by atoms with Gasteiger partial charge in [0.1, 0.15) is 6.54 Å². The summed E-state index contributed by atoms with van der Waals surface area (Å²) in [5.74, 6) is -1.84. The molecule has 1 aliphatic heterocycles. The number of alkyl halides is 3. The van der Waals surface area contributed by atoms with Gasteiger partial charge in [-0.15, -0.1) is 0 Å². The first-order valence-electron chi connectivity index (χ1n) is 9.36. The highest BCUT2D eigenvalue weighted by Crippen LogP contribution is 2.21. The van der Waals surface area contributed by atoms with Crippen LogP contribution in [0, 0.1) is 0 Å². The lowest BCUT2D eigenvalue weighted by molar-refractivity contribution is -0.148. The van der Waals surface area contributed by atoms with Gasteiger partial charge in [0, 0.05) is 19.5 Å². The molecule has 0 aromatic heterocycles. The highest BCUT2D eigenvalue weighted by Gasteiger charge is 2.28. The van der Waals surface area contributed by atoms with Crippen molar-refractivity contribution in [1.29, 1.82) is 0 Å². The van der Waals surface area contributed by atoms with Crippen molar-refractivity contribution in [2.75, 3.05) is 26.2 Å². The number of esters is 1. The number of aryl methyl sites for hydroxylation is 1. The molecule has 1 aromatic carbocycles. The minimum absolute atomic E-state index is 0.119. The Balaban J connectivity index is 1.72. The average Bonchev–Trinajstić information content (AvgIpc) is 3.25. The number of ether oxygens (including phenoxy) is 1. The number of hydrogen-bond acceptors (Lipinski definition) is 6. The molecule has 31 heavy (non-hydrogen) atoms. The molecule has 0 bridgehead atoms. The minimum Gasteiger partial charge on any atom is -0.456 e. The molecule has 0 aliphatic carbocycles. The second-order valence-corrected chi connectivity index (χ2v) is 8.70. The van der Waals surface area contributed by atoms with E-state index >= 15 is 0 Å². The summed E-state index contributed by atoms with van der Waals surface area (Å²) in [5.41, 5.74) is 0.674. The summed E-state index contributed by atoms with van der Waals surface area (Å²) in [7, 11) is -3.53. The first-order chi connectivity index (χ1) is 14.5. The van der Waals surface area contributed by atoms with Gasteiger partial charge in [-0.25, -0.2) is 13.2 Å². The summed E-state index contributed by atoms with van der Waals surface area (Å²) < 4.78 is 66.9. The molecule has 9 nitrogen and oxygen atoms in total. The highest BCUT2D eigenvalue weighted by atomic mass is 32.2. The van der Waals surface area contributed by atoms with Crippen molar-refractivity contribution < 1.29 is 40.7 Å². The van der Waals surface area contributed by atoms with Gasteiger partial charge < -0.3 is 10.1 Å². The lowest BCUT2D eigenvalue weighted by Gasteiger charge is -2.15. The van der Waals surface area contributed by atoms with E-state index in [-0.39, 0.29) is 17.7 Å². The lowest BCUT2D eigenvalue weighted by atomic mass is 10.1. The van der Waals surface area contributed by atoms with Crippen LogP contribution in [0.4, 0.5) is 18.0 Å². The fraction of sp³-hybridized carbons (Fsp3) is 0.500. The Hall–Kier alpha value is -2.67. The summed E-state index contributed by atoms with van der Waals surface area (Å²) in [4.78, 5) is 34.4. The number of urea groups is 1. The van der Waals surface area contributed by atoms with Gasteiger partial charge in [0.2, 0.25) is 10.0 Å². The number of halogens is 3. The number of benzene rings is 1. The first kappa shape index (κ1) is 24.6. The van der Waals surface area contributed by atoms with Crippen LogP contribution >= 0.6 is 0 Å². The Morgan fingerprint density at radius 1 is 1.06 bits per heavy atom. The van der Waals surface area contributed by atoms with E-state index in [0.29, 0.717) is 18.7 Å². The molecule has 13 heteroatoms. The molecule has 0 radical (unpaired) electrons. The van der Waals surface area contributed by atoms with Crippen LogP contribution < -0.4 is 10.6 Å². The predicted octanol–water partition coefficient (Wildman–Crippen LogP) is 1.33. The minimum atomic E-state index is -4.62. The Bertz CT molecular complexity index is 897. The molecule has 0 atom stereocenters. The van der Waals surface area contributed by atoms with Crippen molar-refractivity contribution in [2.24, 2.45) is 0 Å². The van der Waals surface area contributed by atoms with Crippen LogP contribution in [0.15, 0.2) is 29.2 Å². The fourth-order valence-corrected chi connectivity index (χ4v) is 4.27. The van der Waals surface area contributed by atoms with E-state index in [2.05, 4.69) is 4.74 Å². The molecular formula is C18H22F3N3O6S. The number of carbonyl (C=O) groups is 3. The largest absolute Gasteiger partial charge is 0.456 e. The van der Waals surface area contributed by atoms with Gasteiger partial charge in [-0.2, -0.15) is 17.5 Å². The van der Waals surface area contributed by atoms with E-state index in [4.69, 9.17) is 0 Å². The summed E-state index contributed by atoms with van der Waals surface area (Å²) in [6, 6.07) is 4.71. The number of imide groups is 1. The molecule has 1 saturated heterocycles. The van der Waals surface area contributed by atoms with Crippen molar-refractivity contribution in [2.45, 2.75) is 36.8 Å². The maximum atomic E-state index is 12.5. The van der Waals surface area contributed by atoms with Crippen molar-refractivity contribution in [3.8, 4) is 0 Å².